The lowest BCUT2D eigenvalue weighted by molar-refractivity contribution is 0.949. The molecule has 2 heterocycles. The molecule has 0 saturated carbocycles. The van der Waals surface area contributed by atoms with Gasteiger partial charge in [0.25, 0.3) is 0 Å². The van der Waals surface area contributed by atoms with Crippen LogP contribution in [0.2, 0.25) is 0 Å². The van der Waals surface area contributed by atoms with Crippen LogP contribution in [0.5, 0.6) is 0 Å². The molecule has 0 radical (unpaired) electrons. The third-order valence-electron chi connectivity index (χ3n) is 13.6. The third kappa shape index (κ3) is 9.17. The van der Waals surface area contributed by atoms with E-state index in [2.05, 4.69) is 238 Å². The van der Waals surface area contributed by atoms with Gasteiger partial charge < -0.3 is 30.9 Å². The molecule has 350 valence electrons. The number of H-pyrrole nitrogens is 1. The number of nitrogens with one attached hydrogen (secondary N) is 5. The second kappa shape index (κ2) is 19.8. The van der Waals surface area contributed by atoms with E-state index in [1.807, 2.05) is 42.6 Å². The van der Waals surface area contributed by atoms with E-state index in [1.165, 1.54) is 5.39 Å². The van der Waals surface area contributed by atoms with E-state index < -0.39 is 0 Å². The quantitative estimate of drug-likeness (QED) is 0.0515. The largest absolute Gasteiger partial charge is 0.367 e. The van der Waals surface area contributed by atoms with Crippen LogP contribution in [0.25, 0.3) is 88.8 Å². The van der Waals surface area contributed by atoms with E-state index in [0.29, 0.717) is 12.4 Å². The van der Waals surface area contributed by atoms with Gasteiger partial charge in [0.2, 0.25) is 0 Å². The SMILES string of the molecule is N=C1C=CC=C/C1=C(/NCNc1ccc(-c2ccc(Nc3ccccc3)c(-c3ccc4c(ccn4-c4ccccc4)c3)c2)cc1-c1ccc2[nH]ccc2c1)c1cccc(-c2cccc(-c3ccccc3)c2S)c1. The van der Waals surface area contributed by atoms with Crippen LogP contribution in [0.1, 0.15) is 5.56 Å². The van der Waals surface area contributed by atoms with Gasteiger partial charge in [-0.15, -0.1) is 12.6 Å². The van der Waals surface area contributed by atoms with Gasteiger partial charge in [0, 0.05) is 67.6 Å². The average molecular weight is 959 g/mol. The Balaban J connectivity index is 0.899. The first-order valence-corrected chi connectivity index (χ1v) is 24.9. The Labute approximate surface area is 430 Å². The number of hydrogen-bond acceptors (Lipinski definition) is 5. The Bertz CT molecular complexity index is 3940. The Morgan fingerprint density at radius 1 is 0.507 bits per heavy atom. The van der Waals surface area contributed by atoms with Crippen molar-refractivity contribution in [3.63, 3.8) is 0 Å². The van der Waals surface area contributed by atoms with Gasteiger partial charge in [0.1, 0.15) is 0 Å². The number of aromatic nitrogens is 2. The molecule has 0 spiro atoms. The van der Waals surface area contributed by atoms with Gasteiger partial charge in [-0.25, -0.2) is 0 Å². The third-order valence-corrected chi connectivity index (χ3v) is 14.1. The molecule has 12 rings (SSSR count). The first kappa shape index (κ1) is 44.9. The van der Waals surface area contributed by atoms with Crippen molar-refractivity contribution in [1.82, 2.24) is 14.9 Å². The van der Waals surface area contributed by atoms with Crippen LogP contribution >= 0.6 is 12.6 Å². The van der Waals surface area contributed by atoms with Gasteiger partial charge in [-0.1, -0.05) is 146 Å². The lowest BCUT2D eigenvalue weighted by Crippen LogP contribution is -2.23. The van der Waals surface area contributed by atoms with E-state index in [9.17, 15) is 0 Å². The minimum atomic E-state index is 0.395. The summed E-state index contributed by atoms with van der Waals surface area (Å²) in [5.74, 6) is 0. The summed E-state index contributed by atoms with van der Waals surface area (Å²) in [6.45, 7) is 0.395. The molecule has 5 N–H and O–H groups in total. The molecule has 0 unspecified atom stereocenters. The maximum absolute atomic E-state index is 9.04. The molecular weight excluding hydrogens is 909 g/mol. The number of anilines is 3. The van der Waals surface area contributed by atoms with Crippen LogP contribution in [-0.2, 0) is 0 Å². The van der Waals surface area contributed by atoms with Crippen LogP contribution in [0, 0.1) is 5.41 Å². The molecule has 1 aliphatic rings. The van der Waals surface area contributed by atoms with Gasteiger partial charge >= 0.3 is 0 Å². The minimum Gasteiger partial charge on any atom is -0.367 e. The van der Waals surface area contributed by atoms with Crippen LogP contribution in [0.15, 0.2) is 266 Å². The zero-order chi connectivity index (χ0) is 49.1. The van der Waals surface area contributed by atoms with Crippen molar-refractivity contribution in [2.75, 3.05) is 17.3 Å². The van der Waals surface area contributed by atoms with Gasteiger partial charge in [-0.3, -0.25) is 0 Å². The number of aromatic amines is 1. The molecule has 0 fully saturated rings. The smallest absolute Gasteiger partial charge is 0.0850 e. The molecule has 0 aliphatic heterocycles. The number of hydrogen-bond donors (Lipinski definition) is 6. The fraction of sp³-hybridized carbons (Fsp3) is 0.0152. The average Bonchev–Trinajstić information content (AvgIpc) is 4.11. The van der Waals surface area contributed by atoms with E-state index in [0.717, 1.165) is 117 Å². The summed E-state index contributed by atoms with van der Waals surface area (Å²) in [5, 5.41) is 22.6. The molecule has 0 bridgehead atoms. The predicted molar refractivity (Wildman–Crippen MR) is 310 cm³/mol. The highest BCUT2D eigenvalue weighted by Gasteiger charge is 2.18. The van der Waals surface area contributed by atoms with Crippen molar-refractivity contribution < 1.29 is 0 Å². The number of nitrogens with zero attached hydrogens (tertiary/aromatic N) is 1. The predicted octanol–water partition coefficient (Wildman–Crippen LogP) is 17.0. The second-order valence-electron chi connectivity index (χ2n) is 18.2. The molecule has 0 saturated heterocycles. The summed E-state index contributed by atoms with van der Waals surface area (Å²) in [7, 11) is 0. The number of thiol groups is 1. The summed E-state index contributed by atoms with van der Waals surface area (Å²) in [6, 6.07) is 77.2. The van der Waals surface area contributed by atoms with E-state index in [4.69, 9.17) is 18.0 Å². The van der Waals surface area contributed by atoms with Crippen LogP contribution in [-0.4, -0.2) is 21.9 Å². The van der Waals surface area contributed by atoms with Crippen molar-refractivity contribution >= 4 is 62.9 Å². The number of allylic oxidation sites excluding steroid dienone is 5. The van der Waals surface area contributed by atoms with E-state index in [1.54, 1.807) is 0 Å². The Morgan fingerprint density at radius 2 is 1.14 bits per heavy atom. The lowest BCUT2D eigenvalue weighted by atomic mass is 9.93. The molecule has 11 aromatic rings. The zero-order valence-corrected chi connectivity index (χ0v) is 40.7. The minimum absolute atomic E-state index is 0.395. The van der Waals surface area contributed by atoms with Crippen molar-refractivity contribution in [3.05, 3.63) is 266 Å². The van der Waals surface area contributed by atoms with Crippen LogP contribution < -0.4 is 16.0 Å². The molecule has 7 heteroatoms. The number of benzene rings is 9. The monoisotopic (exact) mass is 958 g/mol. The van der Waals surface area contributed by atoms with Crippen LogP contribution in [0.3, 0.4) is 0 Å². The zero-order valence-electron chi connectivity index (χ0n) is 39.9. The van der Waals surface area contributed by atoms with Gasteiger partial charge in [0.15, 0.2) is 0 Å². The van der Waals surface area contributed by atoms with Crippen molar-refractivity contribution in [1.29, 1.82) is 5.41 Å². The fourth-order valence-electron chi connectivity index (χ4n) is 9.96. The highest BCUT2D eigenvalue weighted by Crippen LogP contribution is 2.41. The molecule has 1 aliphatic carbocycles. The summed E-state index contributed by atoms with van der Waals surface area (Å²) in [6.07, 6.45) is 11.9. The highest BCUT2D eigenvalue weighted by molar-refractivity contribution is 7.80. The lowest BCUT2D eigenvalue weighted by Gasteiger charge is -2.20. The Hall–Kier alpha value is -9.30. The topological polar surface area (TPSA) is 80.7 Å². The van der Waals surface area contributed by atoms with Gasteiger partial charge in [-0.2, -0.15) is 0 Å². The summed E-state index contributed by atoms with van der Waals surface area (Å²) in [5.41, 5.74) is 20.4. The number of fused-ring (bicyclic) bond motifs is 2. The van der Waals surface area contributed by atoms with Crippen molar-refractivity contribution in [2.45, 2.75) is 4.90 Å². The van der Waals surface area contributed by atoms with Crippen molar-refractivity contribution in [3.8, 4) is 61.3 Å². The number of rotatable bonds is 13. The molecule has 2 aromatic heterocycles. The number of para-hydroxylation sites is 2. The van der Waals surface area contributed by atoms with E-state index in [-0.39, 0.29) is 0 Å². The fourth-order valence-corrected chi connectivity index (χ4v) is 10.4. The summed E-state index contributed by atoms with van der Waals surface area (Å²) in [4.78, 5) is 4.29. The second-order valence-corrected chi connectivity index (χ2v) is 18.6. The first-order valence-electron chi connectivity index (χ1n) is 24.5. The molecule has 0 amide bonds. The molecule has 9 aromatic carbocycles. The molecule has 73 heavy (non-hydrogen) atoms. The van der Waals surface area contributed by atoms with Gasteiger partial charge in [-0.05, 0) is 153 Å². The first-order chi connectivity index (χ1) is 36.0. The molecule has 0 atom stereocenters. The molecular formula is C66H50N6S. The Kier molecular flexibility index (Phi) is 12.2. The standard InChI is InChI=1S/C66H50N6S/c67-60-25-11-10-22-57(60)65(52-17-12-16-47(40-52)56-24-13-23-55(66(56)73)44-14-4-1-5-15-44)70-43-69-62-31-26-45(41-58(62)48-28-30-61-50(38-48)34-36-68-61)46-27-32-63(71-53-18-6-2-7-19-53)59(42-46)49-29-33-64-51(39-49)35-37-72(64)54-20-8-3-9-21-54/h1-42,67-71,73H,43H2/b65-57-,67-60?. The summed E-state index contributed by atoms with van der Waals surface area (Å²) >= 11 is 5.09. The normalized spacial score (nSPS) is 12.9. The van der Waals surface area contributed by atoms with Crippen LogP contribution in [0.4, 0.5) is 17.1 Å². The van der Waals surface area contributed by atoms with Crippen molar-refractivity contribution in [2.24, 2.45) is 0 Å². The van der Waals surface area contributed by atoms with Gasteiger partial charge in [0.05, 0.1) is 23.6 Å². The maximum atomic E-state index is 9.04. The molecule has 6 nitrogen and oxygen atoms in total. The highest BCUT2D eigenvalue weighted by atomic mass is 32.1. The summed E-state index contributed by atoms with van der Waals surface area (Å²) < 4.78 is 2.24. The Morgan fingerprint density at radius 3 is 1.92 bits per heavy atom. The maximum Gasteiger partial charge on any atom is 0.0850 e. The van der Waals surface area contributed by atoms with E-state index >= 15 is 0 Å².